The fourth-order valence-electron chi connectivity index (χ4n) is 1.83. The lowest BCUT2D eigenvalue weighted by molar-refractivity contribution is -0.137. The summed E-state index contributed by atoms with van der Waals surface area (Å²) in [5.74, 6) is -1.14. The Hall–Kier alpha value is -1.88. The number of hydrogen-bond acceptors (Lipinski definition) is 3. The van der Waals surface area contributed by atoms with Crippen LogP contribution in [0.5, 0.6) is 0 Å². The molecule has 0 heterocycles. The van der Waals surface area contributed by atoms with E-state index in [1.807, 2.05) is 19.2 Å². The molecule has 19 heavy (non-hydrogen) atoms. The third-order valence-electron chi connectivity index (χ3n) is 2.76. The Morgan fingerprint density at radius 1 is 1.32 bits per heavy atom. The van der Waals surface area contributed by atoms with Gasteiger partial charge in [0.2, 0.25) is 0 Å². The maximum absolute atomic E-state index is 12.1. The van der Waals surface area contributed by atoms with Gasteiger partial charge in [0.05, 0.1) is 6.42 Å². The molecule has 1 aromatic rings. The van der Waals surface area contributed by atoms with Crippen molar-refractivity contribution in [2.24, 2.45) is 0 Å². The second-order valence-electron chi connectivity index (χ2n) is 4.48. The van der Waals surface area contributed by atoms with Crippen LogP contribution in [0.2, 0.25) is 0 Å². The summed E-state index contributed by atoms with van der Waals surface area (Å²) in [6.07, 6.45) is 0.678. The Morgan fingerprint density at radius 3 is 2.63 bits per heavy atom. The van der Waals surface area contributed by atoms with Crippen molar-refractivity contribution in [3.05, 3.63) is 35.4 Å². The average molecular weight is 264 g/mol. The van der Waals surface area contributed by atoms with Gasteiger partial charge in [-0.1, -0.05) is 18.2 Å². The molecule has 0 bridgehead atoms. The van der Waals surface area contributed by atoms with Crippen molar-refractivity contribution in [2.75, 3.05) is 13.6 Å². The van der Waals surface area contributed by atoms with Gasteiger partial charge in [-0.25, -0.2) is 0 Å². The largest absolute Gasteiger partial charge is 0.481 e. The van der Waals surface area contributed by atoms with E-state index in [1.165, 1.54) is 0 Å². The predicted molar refractivity (Wildman–Crippen MR) is 73.3 cm³/mol. The first-order valence-corrected chi connectivity index (χ1v) is 6.29. The van der Waals surface area contributed by atoms with Gasteiger partial charge in [-0.05, 0) is 38.6 Å². The van der Waals surface area contributed by atoms with E-state index in [1.54, 1.807) is 19.1 Å². The molecule has 0 aliphatic carbocycles. The van der Waals surface area contributed by atoms with Crippen LogP contribution >= 0.6 is 0 Å². The number of likely N-dealkylation sites (N-methyl/N-ethyl adjacent to an activating group) is 1. The molecule has 1 amide bonds. The number of carboxylic acids is 1. The summed E-state index contributed by atoms with van der Waals surface area (Å²) >= 11 is 0. The van der Waals surface area contributed by atoms with Crippen LogP contribution in [0, 0.1) is 0 Å². The summed E-state index contributed by atoms with van der Waals surface area (Å²) in [6, 6.07) is 6.98. The van der Waals surface area contributed by atoms with E-state index in [4.69, 9.17) is 5.11 Å². The van der Waals surface area contributed by atoms with Crippen molar-refractivity contribution < 1.29 is 14.7 Å². The molecule has 1 rings (SSSR count). The molecule has 0 spiro atoms. The Labute approximate surface area is 113 Å². The minimum Gasteiger partial charge on any atom is -0.481 e. The summed E-state index contributed by atoms with van der Waals surface area (Å²) in [6.45, 7) is 2.47. The monoisotopic (exact) mass is 264 g/mol. The molecule has 0 saturated carbocycles. The first-order chi connectivity index (χ1) is 9.04. The highest BCUT2D eigenvalue weighted by molar-refractivity contribution is 5.96. The van der Waals surface area contributed by atoms with E-state index < -0.39 is 5.97 Å². The van der Waals surface area contributed by atoms with Gasteiger partial charge in [-0.2, -0.15) is 0 Å². The molecule has 3 N–H and O–H groups in total. The van der Waals surface area contributed by atoms with Crippen molar-refractivity contribution in [1.29, 1.82) is 0 Å². The number of carbonyl (C=O) groups excluding carboxylic acids is 1. The zero-order valence-corrected chi connectivity index (χ0v) is 11.3. The molecule has 0 fully saturated rings. The first-order valence-electron chi connectivity index (χ1n) is 6.29. The van der Waals surface area contributed by atoms with E-state index in [0.717, 1.165) is 18.5 Å². The molecule has 1 unspecified atom stereocenters. The van der Waals surface area contributed by atoms with Crippen molar-refractivity contribution in [3.63, 3.8) is 0 Å². The summed E-state index contributed by atoms with van der Waals surface area (Å²) in [7, 11) is 1.86. The summed E-state index contributed by atoms with van der Waals surface area (Å²) in [5.41, 5.74) is 1.56. The highest BCUT2D eigenvalue weighted by atomic mass is 16.4. The van der Waals surface area contributed by atoms with Gasteiger partial charge >= 0.3 is 5.97 Å². The second kappa shape index (κ2) is 7.53. The van der Waals surface area contributed by atoms with Gasteiger partial charge < -0.3 is 15.7 Å². The van der Waals surface area contributed by atoms with E-state index in [-0.39, 0.29) is 18.4 Å². The van der Waals surface area contributed by atoms with Gasteiger partial charge in [0.25, 0.3) is 5.91 Å². The number of carboxylic acid groups (broad SMARTS) is 1. The fraction of sp³-hybridized carbons (Fsp3) is 0.429. The van der Waals surface area contributed by atoms with Crippen LogP contribution in [-0.2, 0) is 11.2 Å². The normalized spacial score (nSPS) is 11.9. The summed E-state index contributed by atoms with van der Waals surface area (Å²) in [5, 5.41) is 14.4. The minimum atomic E-state index is -0.920. The molecule has 104 valence electrons. The van der Waals surface area contributed by atoms with E-state index in [2.05, 4.69) is 10.6 Å². The van der Waals surface area contributed by atoms with Crippen LogP contribution in [0.4, 0.5) is 0 Å². The number of nitrogens with one attached hydrogen (secondary N) is 2. The van der Waals surface area contributed by atoms with Crippen LogP contribution in [0.1, 0.15) is 29.3 Å². The van der Waals surface area contributed by atoms with Crippen molar-refractivity contribution in [1.82, 2.24) is 10.6 Å². The molecule has 0 aromatic heterocycles. The molecule has 0 radical (unpaired) electrons. The number of benzene rings is 1. The van der Waals surface area contributed by atoms with Gasteiger partial charge in [0.15, 0.2) is 0 Å². The Balaban J connectivity index is 2.73. The smallest absolute Gasteiger partial charge is 0.305 e. The molecule has 0 saturated heterocycles. The molecule has 1 aromatic carbocycles. The first kappa shape index (κ1) is 15.2. The quantitative estimate of drug-likeness (QED) is 0.687. The lowest BCUT2D eigenvalue weighted by Crippen LogP contribution is -2.34. The minimum absolute atomic E-state index is 0.0789. The van der Waals surface area contributed by atoms with Crippen molar-refractivity contribution in [2.45, 2.75) is 25.8 Å². The van der Waals surface area contributed by atoms with Crippen LogP contribution in [0.3, 0.4) is 0 Å². The van der Waals surface area contributed by atoms with Crippen LogP contribution in [-0.4, -0.2) is 36.6 Å². The van der Waals surface area contributed by atoms with Crippen LogP contribution < -0.4 is 10.6 Å². The molecule has 5 nitrogen and oxygen atoms in total. The Bertz CT molecular complexity index is 446. The third kappa shape index (κ3) is 5.09. The topological polar surface area (TPSA) is 78.4 Å². The molecule has 0 aliphatic heterocycles. The van der Waals surface area contributed by atoms with Crippen molar-refractivity contribution in [3.8, 4) is 0 Å². The maximum atomic E-state index is 12.1. The number of rotatable bonds is 7. The standard InChI is InChI=1S/C14H20N2O3/c1-10(9-13(17)18)16-14(19)12-6-4-3-5-11(12)7-8-15-2/h3-6,10,15H,7-9H2,1-2H3,(H,16,19)(H,17,18). The SMILES string of the molecule is CNCCc1ccccc1C(=O)NC(C)CC(=O)O. The fourth-order valence-corrected chi connectivity index (χ4v) is 1.83. The highest BCUT2D eigenvalue weighted by Crippen LogP contribution is 2.10. The molecular formula is C14H20N2O3. The zero-order chi connectivity index (χ0) is 14.3. The van der Waals surface area contributed by atoms with Gasteiger partial charge in [0.1, 0.15) is 0 Å². The number of amides is 1. The van der Waals surface area contributed by atoms with Gasteiger partial charge in [-0.15, -0.1) is 0 Å². The van der Waals surface area contributed by atoms with Crippen LogP contribution in [0.15, 0.2) is 24.3 Å². The zero-order valence-electron chi connectivity index (χ0n) is 11.3. The maximum Gasteiger partial charge on any atom is 0.305 e. The van der Waals surface area contributed by atoms with E-state index >= 15 is 0 Å². The second-order valence-corrected chi connectivity index (χ2v) is 4.48. The lowest BCUT2D eigenvalue weighted by atomic mass is 10.0. The molecular weight excluding hydrogens is 244 g/mol. The number of carbonyl (C=O) groups is 2. The lowest BCUT2D eigenvalue weighted by Gasteiger charge is -2.14. The van der Waals surface area contributed by atoms with E-state index in [0.29, 0.717) is 5.56 Å². The molecule has 1 atom stereocenters. The average Bonchev–Trinajstić information content (AvgIpc) is 2.35. The number of hydrogen-bond donors (Lipinski definition) is 3. The van der Waals surface area contributed by atoms with Gasteiger partial charge in [0, 0.05) is 11.6 Å². The Morgan fingerprint density at radius 2 is 2.00 bits per heavy atom. The molecule has 5 heteroatoms. The predicted octanol–water partition coefficient (Wildman–Crippen LogP) is 1.04. The summed E-state index contributed by atoms with van der Waals surface area (Å²) < 4.78 is 0. The van der Waals surface area contributed by atoms with Gasteiger partial charge in [-0.3, -0.25) is 9.59 Å². The number of aliphatic carboxylic acids is 1. The third-order valence-corrected chi connectivity index (χ3v) is 2.76. The molecule has 0 aliphatic rings. The van der Waals surface area contributed by atoms with Crippen molar-refractivity contribution >= 4 is 11.9 Å². The summed E-state index contributed by atoms with van der Waals surface area (Å²) in [4.78, 5) is 22.7. The Kier molecular flexibility index (Phi) is 6.02. The highest BCUT2D eigenvalue weighted by Gasteiger charge is 2.14. The van der Waals surface area contributed by atoms with E-state index in [9.17, 15) is 9.59 Å². The van der Waals surface area contributed by atoms with Crippen LogP contribution in [0.25, 0.3) is 0 Å².